The summed E-state index contributed by atoms with van der Waals surface area (Å²) in [4.78, 5) is 12.3. The van der Waals surface area contributed by atoms with Crippen LogP contribution in [-0.4, -0.2) is 21.0 Å². The Morgan fingerprint density at radius 3 is 2.65 bits per heavy atom. The van der Waals surface area contributed by atoms with E-state index in [2.05, 4.69) is 62.7 Å². The summed E-state index contributed by atoms with van der Waals surface area (Å²) in [5.74, 6) is 0.964. The van der Waals surface area contributed by atoms with E-state index in [0.29, 0.717) is 6.04 Å². The maximum atomic E-state index is 4.55. The zero-order valence-electron chi connectivity index (χ0n) is 14.7. The Bertz CT molecular complexity index is 1060. The second-order valence-corrected chi connectivity index (χ2v) is 7.21. The number of benzene rings is 2. The molecule has 2 N–H and O–H groups in total. The van der Waals surface area contributed by atoms with E-state index in [1.54, 1.807) is 6.33 Å². The Hall–Kier alpha value is -2.88. The van der Waals surface area contributed by atoms with Gasteiger partial charge in [0.15, 0.2) is 0 Å². The number of anilines is 1. The van der Waals surface area contributed by atoms with Gasteiger partial charge in [-0.25, -0.2) is 9.97 Å². The molecule has 2 aromatic heterocycles. The van der Waals surface area contributed by atoms with E-state index in [4.69, 9.17) is 0 Å². The number of aromatic nitrogens is 3. The molecule has 1 aliphatic carbocycles. The smallest absolute Gasteiger partial charge is 0.137 e. The predicted molar refractivity (Wildman–Crippen MR) is 107 cm³/mol. The summed E-state index contributed by atoms with van der Waals surface area (Å²) in [7, 11) is 0. The molecule has 26 heavy (non-hydrogen) atoms. The summed E-state index contributed by atoms with van der Waals surface area (Å²) in [6.07, 6.45) is 10.1. The molecule has 130 valence electrons. The van der Waals surface area contributed by atoms with Crippen LogP contribution in [0.1, 0.15) is 32.1 Å². The second kappa shape index (κ2) is 6.45. The van der Waals surface area contributed by atoms with E-state index in [1.165, 1.54) is 48.6 Å². The van der Waals surface area contributed by atoms with Crippen molar-refractivity contribution in [3.8, 4) is 11.1 Å². The van der Waals surface area contributed by atoms with E-state index in [1.807, 2.05) is 6.20 Å². The van der Waals surface area contributed by atoms with Gasteiger partial charge in [-0.3, -0.25) is 0 Å². The fourth-order valence-corrected chi connectivity index (χ4v) is 4.02. The lowest BCUT2D eigenvalue weighted by Crippen LogP contribution is -2.23. The van der Waals surface area contributed by atoms with Crippen LogP contribution >= 0.6 is 0 Å². The Morgan fingerprint density at radius 2 is 1.73 bits per heavy atom. The zero-order chi connectivity index (χ0) is 17.3. The first-order valence-electron chi connectivity index (χ1n) is 9.46. The zero-order valence-corrected chi connectivity index (χ0v) is 14.7. The molecule has 0 bridgehead atoms. The molecule has 0 spiro atoms. The number of fused-ring (bicyclic) bond motifs is 2. The van der Waals surface area contributed by atoms with Crippen molar-refractivity contribution in [2.24, 2.45) is 0 Å². The number of nitrogens with zero attached hydrogens (tertiary/aromatic N) is 2. The summed E-state index contributed by atoms with van der Waals surface area (Å²) < 4.78 is 0. The highest BCUT2D eigenvalue weighted by Crippen LogP contribution is 2.30. The lowest BCUT2D eigenvalue weighted by atomic mass is 9.95. The van der Waals surface area contributed by atoms with Gasteiger partial charge in [0.1, 0.15) is 12.1 Å². The molecule has 0 saturated heterocycles. The van der Waals surface area contributed by atoms with Crippen molar-refractivity contribution in [1.29, 1.82) is 0 Å². The van der Waals surface area contributed by atoms with Crippen LogP contribution in [-0.2, 0) is 0 Å². The SMILES string of the molecule is c1nc(NC2CCCCC2)c2cc(-c3ccc4[nH]ccc4c3)ccc2n1. The van der Waals surface area contributed by atoms with Crippen LogP contribution in [0.3, 0.4) is 0 Å². The van der Waals surface area contributed by atoms with Gasteiger partial charge < -0.3 is 10.3 Å². The minimum atomic E-state index is 0.529. The molecule has 5 rings (SSSR count). The highest BCUT2D eigenvalue weighted by atomic mass is 15.0. The molecule has 4 aromatic rings. The van der Waals surface area contributed by atoms with E-state index in [0.717, 1.165) is 22.2 Å². The van der Waals surface area contributed by atoms with Gasteiger partial charge >= 0.3 is 0 Å². The lowest BCUT2D eigenvalue weighted by molar-refractivity contribution is 0.462. The van der Waals surface area contributed by atoms with Gasteiger partial charge in [-0.05, 0) is 59.7 Å². The van der Waals surface area contributed by atoms with Crippen LogP contribution in [0.15, 0.2) is 55.0 Å². The molecule has 1 aliphatic rings. The van der Waals surface area contributed by atoms with Gasteiger partial charge in [0.25, 0.3) is 0 Å². The molecule has 0 radical (unpaired) electrons. The van der Waals surface area contributed by atoms with Crippen molar-refractivity contribution in [1.82, 2.24) is 15.0 Å². The van der Waals surface area contributed by atoms with E-state index in [-0.39, 0.29) is 0 Å². The molecule has 1 fully saturated rings. The number of rotatable bonds is 3. The van der Waals surface area contributed by atoms with Gasteiger partial charge in [0.2, 0.25) is 0 Å². The van der Waals surface area contributed by atoms with Crippen molar-refractivity contribution >= 4 is 27.6 Å². The lowest BCUT2D eigenvalue weighted by Gasteiger charge is -2.23. The van der Waals surface area contributed by atoms with Crippen LogP contribution in [0.2, 0.25) is 0 Å². The first kappa shape index (κ1) is 15.4. The molecule has 0 atom stereocenters. The molecule has 0 aliphatic heterocycles. The minimum Gasteiger partial charge on any atom is -0.367 e. The summed E-state index contributed by atoms with van der Waals surface area (Å²) in [6.45, 7) is 0. The number of H-pyrrole nitrogens is 1. The van der Waals surface area contributed by atoms with Crippen molar-refractivity contribution in [2.75, 3.05) is 5.32 Å². The molecule has 0 amide bonds. The monoisotopic (exact) mass is 342 g/mol. The number of nitrogens with one attached hydrogen (secondary N) is 2. The maximum absolute atomic E-state index is 4.55. The molecule has 2 aromatic carbocycles. The Labute approximate surface area is 152 Å². The van der Waals surface area contributed by atoms with Gasteiger partial charge in [0.05, 0.1) is 5.52 Å². The van der Waals surface area contributed by atoms with Gasteiger partial charge in [-0.2, -0.15) is 0 Å². The standard InChI is InChI=1S/C22H22N4/c1-2-4-18(5-3-1)26-22-19-13-16(7-9-21(19)24-14-25-22)15-6-8-20-17(12-15)10-11-23-20/h6-14,18,23H,1-5H2,(H,24,25,26). The van der Waals surface area contributed by atoms with E-state index in [9.17, 15) is 0 Å². The van der Waals surface area contributed by atoms with Crippen molar-refractivity contribution in [3.63, 3.8) is 0 Å². The average molecular weight is 342 g/mol. The van der Waals surface area contributed by atoms with Gasteiger partial charge in [-0.15, -0.1) is 0 Å². The first-order valence-corrected chi connectivity index (χ1v) is 9.46. The third-order valence-corrected chi connectivity index (χ3v) is 5.47. The number of hydrogen-bond donors (Lipinski definition) is 2. The fraction of sp³-hybridized carbons (Fsp3) is 0.273. The highest BCUT2D eigenvalue weighted by Gasteiger charge is 2.15. The molecule has 4 nitrogen and oxygen atoms in total. The van der Waals surface area contributed by atoms with Crippen molar-refractivity contribution in [3.05, 3.63) is 55.0 Å². The van der Waals surface area contributed by atoms with Crippen molar-refractivity contribution in [2.45, 2.75) is 38.1 Å². The number of aromatic amines is 1. The molecule has 0 unspecified atom stereocenters. The molecular weight excluding hydrogens is 320 g/mol. The van der Waals surface area contributed by atoms with Crippen LogP contribution < -0.4 is 5.32 Å². The molecule has 4 heteroatoms. The molecule has 2 heterocycles. The van der Waals surface area contributed by atoms with E-state index >= 15 is 0 Å². The topological polar surface area (TPSA) is 53.6 Å². The summed E-state index contributed by atoms with van der Waals surface area (Å²) >= 11 is 0. The van der Waals surface area contributed by atoms with Gasteiger partial charge in [-0.1, -0.05) is 31.4 Å². The Balaban J connectivity index is 1.55. The number of hydrogen-bond acceptors (Lipinski definition) is 3. The first-order chi connectivity index (χ1) is 12.9. The minimum absolute atomic E-state index is 0.529. The van der Waals surface area contributed by atoms with Gasteiger partial charge in [0, 0.05) is 23.1 Å². The largest absolute Gasteiger partial charge is 0.367 e. The average Bonchev–Trinajstić information content (AvgIpc) is 3.16. The Kier molecular flexibility index (Phi) is 3.81. The highest BCUT2D eigenvalue weighted by molar-refractivity contribution is 5.94. The quantitative estimate of drug-likeness (QED) is 0.515. The van der Waals surface area contributed by atoms with Crippen LogP contribution in [0.5, 0.6) is 0 Å². The molecular formula is C22H22N4. The summed E-state index contributed by atoms with van der Waals surface area (Å²) in [5, 5.41) is 6.00. The summed E-state index contributed by atoms with van der Waals surface area (Å²) in [5.41, 5.74) is 4.57. The maximum Gasteiger partial charge on any atom is 0.137 e. The predicted octanol–water partition coefficient (Wildman–Crippen LogP) is 5.52. The second-order valence-electron chi connectivity index (χ2n) is 7.21. The van der Waals surface area contributed by atoms with E-state index < -0.39 is 0 Å². The fourth-order valence-electron chi connectivity index (χ4n) is 4.02. The third kappa shape index (κ3) is 2.81. The Morgan fingerprint density at radius 1 is 0.885 bits per heavy atom. The van der Waals surface area contributed by atoms with Crippen LogP contribution in [0.4, 0.5) is 5.82 Å². The molecule has 1 saturated carbocycles. The van der Waals surface area contributed by atoms with Crippen LogP contribution in [0, 0.1) is 0 Å². The van der Waals surface area contributed by atoms with Crippen molar-refractivity contribution < 1.29 is 0 Å². The van der Waals surface area contributed by atoms with Crippen LogP contribution in [0.25, 0.3) is 32.9 Å². The summed E-state index contributed by atoms with van der Waals surface area (Å²) in [6, 6.07) is 15.6. The third-order valence-electron chi connectivity index (χ3n) is 5.47. The normalized spacial score (nSPS) is 15.5.